The molecule has 4 aromatic rings. The van der Waals surface area contributed by atoms with Gasteiger partial charge in [0.15, 0.2) is 10.3 Å². The van der Waals surface area contributed by atoms with Crippen molar-refractivity contribution >= 4 is 55.2 Å². The Morgan fingerprint density at radius 1 is 1.16 bits per heavy atom. The van der Waals surface area contributed by atoms with Crippen molar-refractivity contribution in [2.45, 2.75) is 33.1 Å². The van der Waals surface area contributed by atoms with Crippen LogP contribution in [0, 0.1) is 5.41 Å². The molecule has 0 saturated carbocycles. The summed E-state index contributed by atoms with van der Waals surface area (Å²) < 4.78 is 0.933. The number of carboxylic acids is 1. The minimum absolute atomic E-state index is 0.427. The Morgan fingerprint density at radius 2 is 1.95 bits per heavy atom. The molecular formula is C26H28N6O3S2. The summed E-state index contributed by atoms with van der Waals surface area (Å²) in [5.41, 5.74) is 8.41. The van der Waals surface area contributed by atoms with Crippen molar-refractivity contribution < 1.29 is 14.7 Å². The molecule has 3 N–H and O–H groups in total. The van der Waals surface area contributed by atoms with E-state index in [1.165, 1.54) is 16.2 Å². The summed E-state index contributed by atoms with van der Waals surface area (Å²) in [5.74, 6) is -0.703. The number of aliphatic carboxylic acids is 1. The Bertz CT molecular complexity index is 1440. The predicted octanol–water partition coefficient (Wildman–Crippen LogP) is 5.47. The average Bonchev–Trinajstić information content (AvgIpc) is 3.56. The van der Waals surface area contributed by atoms with Crippen LogP contribution in [0.15, 0.2) is 42.7 Å². The normalized spacial score (nSPS) is 15.1. The van der Waals surface area contributed by atoms with Crippen LogP contribution in [0.2, 0.25) is 0 Å². The summed E-state index contributed by atoms with van der Waals surface area (Å²) in [6, 6.07) is 9.34. The number of benzene rings is 1. The molecule has 0 spiro atoms. The zero-order valence-electron chi connectivity index (χ0n) is 20.7. The van der Waals surface area contributed by atoms with Crippen LogP contribution in [0.25, 0.3) is 31.9 Å². The number of pyridine rings is 1. The van der Waals surface area contributed by atoms with Gasteiger partial charge in [0.2, 0.25) is 0 Å². The van der Waals surface area contributed by atoms with Crippen molar-refractivity contribution in [3.63, 3.8) is 0 Å². The number of carbonyl (C=O) groups is 2. The largest absolute Gasteiger partial charge is 0.481 e. The van der Waals surface area contributed by atoms with E-state index in [2.05, 4.69) is 20.9 Å². The summed E-state index contributed by atoms with van der Waals surface area (Å²) in [7, 11) is 0. The number of aromatic nitrogens is 3. The lowest BCUT2D eigenvalue weighted by molar-refractivity contribution is -0.150. The zero-order chi connectivity index (χ0) is 26.2. The highest BCUT2D eigenvalue weighted by atomic mass is 32.1. The minimum atomic E-state index is -0.703. The van der Waals surface area contributed by atoms with Gasteiger partial charge in [-0.1, -0.05) is 35.7 Å². The minimum Gasteiger partial charge on any atom is -0.481 e. The third-order valence-corrected chi connectivity index (χ3v) is 9.37. The fourth-order valence-electron chi connectivity index (χ4n) is 4.77. The molecule has 0 radical (unpaired) electrons. The van der Waals surface area contributed by atoms with Crippen LogP contribution < -0.4 is 15.5 Å². The van der Waals surface area contributed by atoms with Crippen LogP contribution in [0.5, 0.6) is 0 Å². The fraction of sp³-hybridized carbons (Fsp3) is 0.346. The third-order valence-electron chi connectivity index (χ3n) is 7.13. The summed E-state index contributed by atoms with van der Waals surface area (Å²) in [6.45, 7) is 5.58. The Labute approximate surface area is 222 Å². The van der Waals surface area contributed by atoms with Crippen molar-refractivity contribution in [1.29, 1.82) is 0 Å². The van der Waals surface area contributed by atoms with Gasteiger partial charge in [-0.25, -0.2) is 14.8 Å². The lowest BCUT2D eigenvalue weighted by Gasteiger charge is -2.38. The second-order valence-corrected chi connectivity index (χ2v) is 11.1. The molecular weight excluding hydrogens is 508 g/mol. The molecule has 4 heterocycles. The molecule has 0 bridgehead atoms. The number of nitrogens with two attached hydrogens (primary N) is 1. The number of amides is 2. The van der Waals surface area contributed by atoms with E-state index < -0.39 is 17.4 Å². The van der Waals surface area contributed by atoms with E-state index in [1.807, 2.05) is 44.3 Å². The van der Waals surface area contributed by atoms with Crippen LogP contribution in [0.4, 0.5) is 15.1 Å². The Morgan fingerprint density at radius 3 is 2.57 bits per heavy atom. The van der Waals surface area contributed by atoms with E-state index in [0.29, 0.717) is 44.0 Å². The van der Waals surface area contributed by atoms with Gasteiger partial charge in [0.05, 0.1) is 26.2 Å². The molecule has 9 nitrogen and oxygen atoms in total. The summed E-state index contributed by atoms with van der Waals surface area (Å²) in [6.07, 6.45) is 5.47. The average molecular weight is 537 g/mol. The second kappa shape index (κ2) is 10.1. The van der Waals surface area contributed by atoms with Gasteiger partial charge in [0.25, 0.3) is 0 Å². The van der Waals surface area contributed by atoms with Crippen LogP contribution in [0.3, 0.4) is 0 Å². The zero-order valence-corrected chi connectivity index (χ0v) is 22.3. The standard InChI is InChI=1S/C26H28N6O3S2/c1-3-26(22(33)34)8-11-31(12-9-26)24-29-15-20(36-24)16-13-17(18-7-5-6-10-28-18)21-19(14-16)30-25(37-21)32(4-2)23(27)35/h5-7,10,13-15H,3-4,8-9,11-12H2,1-2H3,(H2,27,35)(H,33,34). The molecule has 0 unspecified atom stereocenters. The number of rotatable bonds is 7. The monoisotopic (exact) mass is 536 g/mol. The van der Waals surface area contributed by atoms with Crippen LogP contribution in [-0.4, -0.2) is 51.7 Å². The lowest BCUT2D eigenvalue weighted by Crippen LogP contribution is -2.44. The third kappa shape index (κ3) is 4.64. The molecule has 37 heavy (non-hydrogen) atoms. The lowest BCUT2D eigenvalue weighted by atomic mass is 9.76. The smallest absolute Gasteiger partial charge is 0.321 e. The summed E-state index contributed by atoms with van der Waals surface area (Å²) >= 11 is 3.00. The molecule has 1 fully saturated rings. The fourth-order valence-corrected chi connectivity index (χ4v) is 6.86. The van der Waals surface area contributed by atoms with E-state index in [0.717, 1.165) is 37.0 Å². The first kappa shape index (κ1) is 25.1. The molecule has 0 atom stereocenters. The SMILES string of the molecule is CCN(C(N)=O)c1nc2cc(-c3cnc(N4CCC(CC)(C(=O)O)CC4)s3)cc(-c3ccccn3)c2s1. The number of urea groups is 1. The Hall–Kier alpha value is -3.57. The van der Waals surface area contributed by atoms with Crippen LogP contribution in [-0.2, 0) is 4.79 Å². The van der Waals surface area contributed by atoms with Crippen molar-refractivity contribution in [2.24, 2.45) is 11.1 Å². The van der Waals surface area contributed by atoms with Crippen molar-refractivity contribution in [3.8, 4) is 21.7 Å². The number of carboxylic acid groups (broad SMARTS) is 1. The Kier molecular flexibility index (Phi) is 6.82. The van der Waals surface area contributed by atoms with Gasteiger partial charge in [-0.05, 0) is 56.0 Å². The highest BCUT2D eigenvalue weighted by Crippen LogP contribution is 2.42. The summed E-state index contributed by atoms with van der Waals surface area (Å²) in [4.78, 5) is 42.4. The first-order valence-electron chi connectivity index (χ1n) is 12.2. The number of primary amides is 1. The molecule has 11 heteroatoms. The number of nitrogens with zero attached hydrogens (tertiary/aromatic N) is 5. The number of hydrogen-bond acceptors (Lipinski definition) is 8. The quantitative estimate of drug-likeness (QED) is 0.321. The topological polar surface area (TPSA) is 126 Å². The van der Waals surface area contributed by atoms with E-state index >= 15 is 0 Å². The number of thiazole rings is 2. The predicted molar refractivity (Wildman–Crippen MR) is 148 cm³/mol. The molecule has 192 valence electrons. The van der Waals surface area contributed by atoms with Crippen molar-refractivity contribution in [2.75, 3.05) is 29.4 Å². The maximum absolute atomic E-state index is 12.0. The number of carbonyl (C=O) groups excluding carboxylic acids is 1. The van der Waals surface area contributed by atoms with E-state index in [9.17, 15) is 14.7 Å². The number of anilines is 2. The van der Waals surface area contributed by atoms with Gasteiger partial charge in [-0.2, -0.15) is 0 Å². The molecule has 2 amide bonds. The first-order chi connectivity index (χ1) is 17.8. The van der Waals surface area contributed by atoms with E-state index in [4.69, 9.17) is 10.7 Å². The maximum Gasteiger partial charge on any atom is 0.321 e. The highest BCUT2D eigenvalue weighted by molar-refractivity contribution is 7.23. The van der Waals surface area contributed by atoms with Gasteiger partial charge in [-0.15, -0.1) is 0 Å². The highest BCUT2D eigenvalue weighted by Gasteiger charge is 2.40. The molecule has 0 aliphatic carbocycles. The molecule has 1 saturated heterocycles. The number of piperidine rings is 1. The van der Waals surface area contributed by atoms with E-state index in [1.54, 1.807) is 17.5 Å². The van der Waals surface area contributed by atoms with Crippen molar-refractivity contribution in [1.82, 2.24) is 15.0 Å². The molecule has 1 aromatic carbocycles. The maximum atomic E-state index is 12.0. The van der Waals surface area contributed by atoms with Gasteiger partial charge in [-0.3, -0.25) is 14.7 Å². The second-order valence-electron chi connectivity index (χ2n) is 9.10. The summed E-state index contributed by atoms with van der Waals surface area (Å²) in [5, 5.41) is 11.2. The van der Waals surface area contributed by atoms with Gasteiger partial charge >= 0.3 is 12.0 Å². The number of hydrogen-bond donors (Lipinski definition) is 2. The van der Waals surface area contributed by atoms with Crippen LogP contribution in [0.1, 0.15) is 33.1 Å². The molecule has 1 aliphatic heterocycles. The van der Waals surface area contributed by atoms with Gasteiger partial charge in [0.1, 0.15) is 0 Å². The van der Waals surface area contributed by atoms with Crippen molar-refractivity contribution in [3.05, 3.63) is 42.7 Å². The van der Waals surface area contributed by atoms with E-state index in [-0.39, 0.29) is 0 Å². The molecule has 3 aromatic heterocycles. The molecule has 1 aliphatic rings. The van der Waals surface area contributed by atoms with Gasteiger partial charge in [0, 0.05) is 37.6 Å². The first-order valence-corrected chi connectivity index (χ1v) is 13.9. The number of fused-ring (bicyclic) bond motifs is 1. The Balaban J connectivity index is 1.52. The molecule has 5 rings (SSSR count). The van der Waals surface area contributed by atoms with Gasteiger partial charge < -0.3 is 15.7 Å². The van der Waals surface area contributed by atoms with Crippen LogP contribution >= 0.6 is 22.7 Å².